The van der Waals surface area contributed by atoms with Crippen LogP contribution in [0.25, 0.3) is 208 Å². The third-order valence-electron chi connectivity index (χ3n) is 28.4. The van der Waals surface area contributed by atoms with Crippen LogP contribution >= 0.6 is 11.6 Å². The van der Waals surface area contributed by atoms with Crippen LogP contribution in [0.1, 0.15) is 85.3 Å². The zero-order chi connectivity index (χ0) is 86.0. The number of hydrogen-bond donors (Lipinski definition) is 0. The van der Waals surface area contributed by atoms with Crippen molar-refractivity contribution in [2.45, 2.75) is 84.8 Å². The molecule has 1 fully saturated rings. The Morgan fingerprint density at radius 1 is 0.256 bits per heavy atom. The summed E-state index contributed by atoms with van der Waals surface area (Å²) < 4.78 is 22.8. The molecule has 6 aromatic heterocycles. The Hall–Kier alpha value is -14.8. The number of fused-ring (bicyclic) bond motifs is 30. The fraction of sp³-hybridized carbons (Fsp3) is 0.111. The van der Waals surface area contributed by atoms with Crippen molar-refractivity contribution in [2.75, 3.05) is 0 Å². The minimum atomic E-state index is -0.486. The van der Waals surface area contributed by atoms with Gasteiger partial charge in [-0.05, 0) is 241 Å². The number of para-hydroxylation sites is 8. The highest BCUT2D eigenvalue weighted by Gasteiger charge is 2.52. The molecule has 129 heavy (non-hydrogen) atoms. The van der Waals surface area contributed by atoms with Gasteiger partial charge in [-0.2, -0.15) is 0 Å². The number of hydrogen-bond acceptors (Lipinski definition) is 6. The van der Waals surface area contributed by atoms with E-state index in [9.17, 15) is 0 Å². The van der Waals surface area contributed by atoms with Crippen molar-refractivity contribution in [1.29, 1.82) is 0 Å². The van der Waals surface area contributed by atoms with Gasteiger partial charge in [0.15, 0.2) is 5.82 Å². The molecule has 3 aliphatic rings. The summed E-state index contributed by atoms with van der Waals surface area (Å²) in [5.41, 5.74) is 23.4. The summed E-state index contributed by atoms with van der Waals surface area (Å²) in [6, 6.07) is 128. The van der Waals surface area contributed by atoms with Crippen LogP contribution in [0, 0.1) is 0 Å². The largest absolute Gasteiger partial charge is 0.494 e. The van der Waals surface area contributed by atoms with Gasteiger partial charge in [0, 0.05) is 106 Å². The molecule has 24 aromatic rings. The summed E-state index contributed by atoms with van der Waals surface area (Å²) in [4.78, 5) is 19.7. The van der Waals surface area contributed by atoms with E-state index < -0.39 is 18.3 Å². The molecule has 12 heteroatoms. The van der Waals surface area contributed by atoms with Crippen LogP contribution in [0.3, 0.4) is 0 Å². The van der Waals surface area contributed by atoms with Crippen molar-refractivity contribution in [3.05, 3.63) is 392 Å². The number of benzene rings is 18. The highest BCUT2D eigenvalue weighted by Crippen LogP contribution is 2.54. The van der Waals surface area contributed by atoms with Gasteiger partial charge < -0.3 is 27.6 Å². The lowest BCUT2D eigenvalue weighted by Crippen LogP contribution is -2.41. The zero-order valence-corrected chi connectivity index (χ0v) is 72.7. The maximum atomic E-state index is 6.60. The lowest BCUT2D eigenvalue weighted by molar-refractivity contribution is 0.00578. The molecule has 18 aromatic carbocycles. The van der Waals surface area contributed by atoms with E-state index in [-0.39, 0.29) is 18.3 Å². The van der Waals surface area contributed by atoms with Crippen LogP contribution in [-0.2, 0) is 20.1 Å². The molecule has 27 rings (SSSR count). The van der Waals surface area contributed by atoms with Crippen LogP contribution in [-0.4, -0.2) is 56.5 Å². The van der Waals surface area contributed by atoms with Crippen LogP contribution in [0.2, 0.25) is 5.28 Å². The smallest absolute Gasteiger partial charge is 0.399 e. The van der Waals surface area contributed by atoms with E-state index in [1.165, 1.54) is 152 Å². The first-order valence-electron chi connectivity index (χ1n) is 44.2. The Bertz CT molecular complexity index is 8420. The molecule has 618 valence electrons. The molecular weight excluding hydrogens is 1600 g/mol. The fourth-order valence-corrected chi connectivity index (χ4v) is 21.8. The summed E-state index contributed by atoms with van der Waals surface area (Å²) in [6.07, 6.45) is 3.95. The SMILES string of the molecule is C.CC1(C)OB(c2cc(-n3c4ccccc4c4ccccc43)cc(-n3c4ccccc4c4ccccc43)c2)OC1(C)C.CC1(C)c2cc3c4ccccc4c4ccccc4c3cc2-c2cnc(-c3cc(-n4c5ccccc5c5ccccc54)cc(-n4c5ccccc5c5ccccc54)c3)nc21.CC1(C)c2cc3c4ccccc4c4ccccc4c3cc2-c2cnc(Cl)nc21. The standard InChI is InChI=1S/C55H36N4.C36H31BN2O2.C25H17ClN2.CH4/c1-55(2)48-31-45-39-18-6-4-16-37(39)36-15-3-5-17-38(36)44(45)30-46(48)47-32-56-54(57-53(47)55)33-27-34(58-49-23-11-7-19-40(49)41-20-8-12-24-50(41)58)29-35(28-33)59-51-25-13-9-21-42(51)43-22-10-14-26-52(43)59;1-35(2)36(3,4)41-37(40-35)24-21-25(38-31-17-9-5-13-27(31)28-14-6-10-18-32(28)38)23-26(22-24)39-33-19-11-7-15-29(33)30-16-8-12-20-34(30)39;1-25(2)22-12-19-17-10-6-4-8-15(17)14-7-3-5-9-16(14)18(19)11-20(22)21-13-27-24(26)28-23(21)25;/h3-32H,1-2H3;5-23H,1-4H3;3-13H,1-2H3;1H4. The Morgan fingerprint density at radius 2 is 0.496 bits per heavy atom. The van der Waals surface area contributed by atoms with E-state index >= 15 is 0 Å². The predicted molar refractivity (Wildman–Crippen MR) is 541 cm³/mol. The average molecular weight is 1680 g/mol. The quantitative estimate of drug-likeness (QED) is 0.0936. The molecule has 0 saturated carbocycles. The first kappa shape index (κ1) is 77.7. The van der Waals surface area contributed by atoms with E-state index in [0.29, 0.717) is 5.28 Å². The first-order chi connectivity index (χ1) is 62.4. The second-order valence-electron chi connectivity index (χ2n) is 36.8. The van der Waals surface area contributed by atoms with E-state index in [1.54, 1.807) is 0 Å². The molecule has 7 heterocycles. The van der Waals surface area contributed by atoms with Crippen LogP contribution in [0.15, 0.2) is 364 Å². The highest BCUT2D eigenvalue weighted by molar-refractivity contribution is 6.62. The van der Waals surface area contributed by atoms with Crippen molar-refractivity contribution < 1.29 is 9.31 Å². The zero-order valence-electron chi connectivity index (χ0n) is 72.0. The van der Waals surface area contributed by atoms with Crippen molar-refractivity contribution in [3.8, 4) is 56.4 Å². The molecule has 0 bridgehead atoms. The van der Waals surface area contributed by atoms with Crippen molar-refractivity contribution in [3.63, 3.8) is 0 Å². The van der Waals surface area contributed by atoms with Gasteiger partial charge in [0.1, 0.15) is 0 Å². The van der Waals surface area contributed by atoms with Gasteiger partial charge in [0.2, 0.25) is 5.28 Å². The van der Waals surface area contributed by atoms with Crippen molar-refractivity contribution in [1.82, 2.24) is 38.2 Å². The van der Waals surface area contributed by atoms with E-state index in [1.807, 2.05) is 6.20 Å². The lowest BCUT2D eigenvalue weighted by Gasteiger charge is -2.32. The maximum absolute atomic E-state index is 6.60. The van der Waals surface area contributed by atoms with Gasteiger partial charge in [-0.25, -0.2) is 19.9 Å². The Kier molecular flexibility index (Phi) is 17.4. The van der Waals surface area contributed by atoms with E-state index in [4.69, 9.17) is 30.9 Å². The van der Waals surface area contributed by atoms with Gasteiger partial charge in [0.05, 0.1) is 66.7 Å². The van der Waals surface area contributed by atoms with Crippen LogP contribution in [0.5, 0.6) is 0 Å². The monoisotopic (exact) mass is 1680 g/mol. The van der Waals surface area contributed by atoms with Gasteiger partial charge in [-0.15, -0.1) is 0 Å². The van der Waals surface area contributed by atoms with Gasteiger partial charge in [0.25, 0.3) is 0 Å². The molecule has 0 atom stereocenters. The predicted octanol–water partition coefficient (Wildman–Crippen LogP) is 29.8. The summed E-state index contributed by atoms with van der Waals surface area (Å²) in [6.45, 7) is 17.5. The fourth-order valence-electron chi connectivity index (χ4n) is 21.6. The molecule has 0 unspecified atom stereocenters. The molecule has 1 saturated heterocycles. The highest BCUT2D eigenvalue weighted by atomic mass is 35.5. The lowest BCUT2D eigenvalue weighted by atomic mass is 9.78. The minimum absolute atomic E-state index is 0. The Balaban J connectivity index is 0.000000115. The summed E-state index contributed by atoms with van der Waals surface area (Å²) in [5.74, 6) is 0.717. The molecule has 0 amide bonds. The number of nitrogens with zero attached hydrogens (tertiary/aromatic N) is 8. The van der Waals surface area contributed by atoms with Crippen LogP contribution < -0.4 is 5.46 Å². The third-order valence-corrected chi connectivity index (χ3v) is 28.6. The second-order valence-corrected chi connectivity index (χ2v) is 37.1. The van der Waals surface area contributed by atoms with Gasteiger partial charge in [-0.3, -0.25) is 0 Å². The Labute approximate surface area is 751 Å². The van der Waals surface area contributed by atoms with E-state index in [2.05, 4.69) is 442 Å². The Morgan fingerprint density at radius 3 is 0.791 bits per heavy atom. The number of aromatic nitrogens is 8. The molecule has 0 radical (unpaired) electrons. The summed E-state index contributed by atoms with van der Waals surface area (Å²) in [7, 11) is -0.486. The average Bonchev–Trinajstić information content (AvgIpc) is 1.60. The van der Waals surface area contributed by atoms with Gasteiger partial charge >= 0.3 is 7.12 Å². The van der Waals surface area contributed by atoms with Crippen molar-refractivity contribution in [2.24, 2.45) is 0 Å². The second kappa shape index (κ2) is 28.8. The number of rotatable bonds is 6. The summed E-state index contributed by atoms with van der Waals surface area (Å²) >= 11 is 6.13. The van der Waals surface area contributed by atoms with E-state index in [0.717, 1.165) is 84.2 Å². The third kappa shape index (κ3) is 11.7. The van der Waals surface area contributed by atoms with Crippen LogP contribution in [0.4, 0.5) is 0 Å². The molecular formula is C117H88BClN8O2. The maximum Gasteiger partial charge on any atom is 0.494 e. The molecule has 0 spiro atoms. The van der Waals surface area contributed by atoms with Gasteiger partial charge in [-0.1, -0.05) is 278 Å². The molecule has 10 nitrogen and oxygen atoms in total. The topological polar surface area (TPSA) is 89.7 Å². The van der Waals surface area contributed by atoms with Crippen molar-refractivity contribution >= 4 is 176 Å². The number of halogens is 1. The molecule has 0 N–H and O–H groups in total. The normalized spacial score (nSPS) is 14.5. The molecule has 2 aliphatic carbocycles. The first-order valence-corrected chi connectivity index (χ1v) is 44.6. The minimum Gasteiger partial charge on any atom is -0.399 e. The summed E-state index contributed by atoms with van der Waals surface area (Å²) in [5, 5.41) is 25.5. The molecule has 1 aliphatic heterocycles.